The maximum Gasteiger partial charge on any atom is 0.416 e. The van der Waals surface area contributed by atoms with E-state index >= 15 is 0 Å². The molecule has 0 fully saturated rings. The van der Waals surface area contributed by atoms with Crippen molar-refractivity contribution >= 4 is 5.91 Å². The molecule has 4 aromatic rings. The van der Waals surface area contributed by atoms with Gasteiger partial charge < -0.3 is 19.0 Å². The molecule has 0 aliphatic rings. The molecule has 9 heteroatoms. The zero-order chi connectivity index (χ0) is 23.6. The van der Waals surface area contributed by atoms with Crippen LogP contribution >= 0.6 is 0 Å². The van der Waals surface area contributed by atoms with Crippen molar-refractivity contribution < 1.29 is 27.1 Å². The van der Waals surface area contributed by atoms with Gasteiger partial charge in [-0.25, -0.2) is 4.98 Å². The van der Waals surface area contributed by atoms with Gasteiger partial charge in [0.25, 0.3) is 5.91 Å². The van der Waals surface area contributed by atoms with Gasteiger partial charge in [0.15, 0.2) is 5.76 Å². The van der Waals surface area contributed by atoms with Gasteiger partial charge in [-0.3, -0.25) is 4.79 Å². The number of hydrogen-bond donors (Lipinski definition) is 1. The molecule has 2 aromatic carbocycles. The van der Waals surface area contributed by atoms with E-state index in [1.807, 2.05) is 6.07 Å². The molecule has 1 N–H and O–H groups in total. The molecule has 0 saturated carbocycles. The summed E-state index contributed by atoms with van der Waals surface area (Å²) in [6, 6.07) is 14.2. The van der Waals surface area contributed by atoms with Gasteiger partial charge in [-0.05, 0) is 42.0 Å². The molecule has 4 rings (SSSR count). The van der Waals surface area contributed by atoms with E-state index in [9.17, 15) is 18.0 Å². The Hall–Kier alpha value is -4.01. The van der Waals surface area contributed by atoms with Crippen LogP contribution in [0.2, 0.25) is 0 Å². The molecule has 0 aliphatic carbocycles. The second-order valence-electron chi connectivity index (χ2n) is 7.32. The highest BCUT2D eigenvalue weighted by Crippen LogP contribution is 2.33. The van der Waals surface area contributed by atoms with Crippen LogP contribution in [0.25, 0.3) is 11.3 Å². The first kappa shape index (κ1) is 22.2. The Labute approximate surface area is 187 Å². The van der Waals surface area contributed by atoms with Crippen molar-refractivity contribution in [2.24, 2.45) is 7.05 Å². The number of amides is 1. The van der Waals surface area contributed by atoms with E-state index in [-0.39, 0.29) is 17.1 Å². The average Bonchev–Trinajstić information content (AvgIpc) is 3.46. The summed E-state index contributed by atoms with van der Waals surface area (Å²) in [5.74, 6) is 0.779. The highest BCUT2D eigenvalue weighted by molar-refractivity contribution is 5.92. The van der Waals surface area contributed by atoms with Crippen LogP contribution in [-0.4, -0.2) is 22.6 Å². The fourth-order valence-corrected chi connectivity index (χ4v) is 3.44. The molecule has 2 heterocycles. The molecule has 33 heavy (non-hydrogen) atoms. The van der Waals surface area contributed by atoms with Crippen LogP contribution in [0, 0.1) is 0 Å². The number of furan rings is 1. The van der Waals surface area contributed by atoms with E-state index in [1.54, 1.807) is 49.3 Å². The summed E-state index contributed by atoms with van der Waals surface area (Å²) in [4.78, 5) is 17.4. The van der Waals surface area contributed by atoms with E-state index in [4.69, 9.17) is 9.15 Å². The van der Waals surface area contributed by atoms with Crippen LogP contribution in [0.5, 0.6) is 5.75 Å². The van der Waals surface area contributed by atoms with Crippen molar-refractivity contribution in [2.45, 2.75) is 12.2 Å². The number of aryl methyl sites for hydroxylation is 1. The summed E-state index contributed by atoms with van der Waals surface area (Å²) in [5, 5.41) is 2.89. The fraction of sp³-hybridized carbons (Fsp3) is 0.167. The minimum Gasteiger partial charge on any atom is -0.497 e. The molecule has 1 atom stereocenters. The van der Waals surface area contributed by atoms with Crippen LogP contribution in [-0.2, 0) is 13.2 Å². The Bertz CT molecular complexity index is 1280. The predicted molar refractivity (Wildman–Crippen MR) is 115 cm³/mol. The third-order valence-electron chi connectivity index (χ3n) is 5.12. The molecule has 6 nitrogen and oxygen atoms in total. The number of halogens is 3. The minimum atomic E-state index is -4.48. The number of carbonyl (C=O) groups is 1. The average molecular weight is 455 g/mol. The summed E-state index contributed by atoms with van der Waals surface area (Å²) in [7, 11) is 3.35. The monoisotopic (exact) mass is 455 g/mol. The lowest BCUT2D eigenvalue weighted by Crippen LogP contribution is -2.30. The molecule has 2 aromatic heterocycles. The molecule has 0 spiro atoms. The van der Waals surface area contributed by atoms with Gasteiger partial charge in [-0.15, -0.1) is 0 Å². The van der Waals surface area contributed by atoms with Crippen molar-refractivity contribution in [3.63, 3.8) is 0 Å². The van der Waals surface area contributed by atoms with Crippen molar-refractivity contribution in [3.05, 3.63) is 95.8 Å². The Morgan fingerprint density at radius 3 is 2.61 bits per heavy atom. The van der Waals surface area contributed by atoms with Gasteiger partial charge in [-0.1, -0.05) is 24.3 Å². The zero-order valence-electron chi connectivity index (χ0n) is 17.8. The van der Waals surface area contributed by atoms with Crippen molar-refractivity contribution in [2.75, 3.05) is 7.11 Å². The third-order valence-corrected chi connectivity index (χ3v) is 5.12. The van der Waals surface area contributed by atoms with Gasteiger partial charge in [0.2, 0.25) is 0 Å². The lowest BCUT2D eigenvalue weighted by Gasteiger charge is -2.19. The second kappa shape index (κ2) is 8.85. The first-order valence-electron chi connectivity index (χ1n) is 9.96. The molecule has 0 bridgehead atoms. The molecule has 0 saturated heterocycles. The number of imidazole rings is 1. The first-order chi connectivity index (χ1) is 15.8. The number of ether oxygens (including phenoxy) is 1. The smallest absolute Gasteiger partial charge is 0.416 e. The van der Waals surface area contributed by atoms with Crippen LogP contribution in [0.3, 0.4) is 0 Å². The molecule has 1 amide bonds. The quantitative estimate of drug-likeness (QED) is 0.433. The standard InChI is InChI=1S/C24H20F3N3O3/c1-30-12-11-28-22(30)21(16-6-4-8-18(14-16)32-2)29-23(31)20-10-9-19(33-20)15-5-3-7-17(13-15)24(25,26)27/h3-14,21H,1-2H3,(H,29,31). The Morgan fingerprint density at radius 1 is 1.12 bits per heavy atom. The number of carbonyl (C=O) groups excluding carboxylic acids is 1. The topological polar surface area (TPSA) is 69.3 Å². The Kier molecular flexibility index (Phi) is 5.95. The van der Waals surface area contributed by atoms with Gasteiger partial charge >= 0.3 is 6.18 Å². The van der Waals surface area contributed by atoms with E-state index in [0.717, 1.165) is 17.7 Å². The number of methoxy groups -OCH3 is 1. The Morgan fingerprint density at radius 2 is 1.91 bits per heavy atom. The number of nitrogens with zero attached hydrogens (tertiary/aromatic N) is 2. The highest BCUT2D eigenvalue weighted by Gasteiger charge is 2.31. The van der Waals surface area contributed by atoms with E-state index in [0.29, 0.717) is 11.6 Å². The lowest BCUT2D eigenvalue weighted by molar-refractivity contribution is -0.137. The molecule has 0 aliphatic heterocycles. The van der Waals surface area contributed by atoms with Crippen molar-refractivity contribution in [3.8, 4) is 17.1 Å². The molecular weight excluding hydrogens is 435 g/mol. The SMILES string of the molecule is COc1cccc(C(NC(=O)c2ccc(-c3cccc(C(F)(F)F)c3)o2)c2nccn2C)c1. The number of hydrogen-bond acceptors (Lipinski definition) is 4. The van der Waals surface area contributed by atoms with Gasteiger partial charge in [-0.2, -0.15) is 13.2 Å². The molecular formula is C24H20F3N3O3. The summed E-state index contributed by atoms with van der Waals surface area (Å²) in [6.07, 6.45) is -1.10. The fourth-order valence-electron chi connectivity index (χ4n) is 3.44. The van der Waals surface area contributed by atoms with E-state index < -0.39 is 23.7 Å². The second-order valence-corrected chi connectivity index (χ2v) is 7.32. The maximum absolute atomic E-state index is 13.0. The van der Waals surface area contributed by atoms with Gasteiger partial charge in [0, 0.05) is 25.0 Å². The largest absolute Gasteiger partial charge is 0.497 e. The van der Waals surface area contributed by atoms with E-state index in [2.05, 4.69) is 10.3 Å². The summed E-state index contributed by atoms with van der Waals surface area (Å²) < 4.78 is 51.8. The number of nitrogens with one attached hydrogen (secondary N) is 1. The predicted octanol–water partition coefficient (Wildman–Crippen LogP) is 5.23. The molecule has 170 valence electrons. The van der Waals surface area contributed by atoms with Crippen LogP contribution in [0.15, 0.2) is 77.5 Å². The van der Waals surface area contributed by atoms with Gasteiger partial charge in [0.1, 0.15) is 23.4 Å². The van der Waals surface area contributed by atoms with Gasteiger partial charge in [0.05, 0.1) is 12.7 Å². The zero-order valence-corrected chi connectivity index (χ0v) is 17.8. The lowest BCUT2D eigenvalue weighted by atomic mass is 10.1. The number of aromatic nitrogens is 2. The number of alkyl halides is 3. The first-order valence-corrected chi connectivity index (χ1v) is 9.96. The number of rotatable bonds is 6. The number of benzene rings is 2. The highest BCUT2D eigenvalue weighted by atomic mass is 19.4. The molecule has 0 radical (unpaired) electrons. The maximum atomic E-state index is 13.0. The van der Waals surface area contributed by atoms with Crippen LogP contribution < -0.4 is 10.1 Å². The summed E-state index contributed by atoms with van der Waals surface area (Å²) in [6.45, 7) is 0. The van der Waals surface area contributed by atoms with E-state index in [1.165, 1.54) is 24.3 Å². The van der Waals surface area contributed by atoms with Crippen molar-refractivity contribution in [1.82, 2.24) is 14.9 Å². The summed E-state index contributed by atoms with van der Waals surface area (Å²) >= 11 is 0. The van der Waals surface area contributed by atoms with Crippen molar-refractivity contribution in [1.29, 1.82) is 0 Å². The third kappa shape index (κ3) is 4.77. The normalized spacial score (nSPS) is 12.4. The van der Waals surface area contributed by atoms with Crippen LogP contribution in [0.4, 0.5) is 13.2 Å². The Balaban J connectivity index is 1.62. The minimum absolute atomic E-state index is 0.0375. The summed E-state index contributed by atoms with van der Waals surface area (Å²) in [5.41, 5.74) is 0.161. The molecule has 1 unspecified atom stereocenters. The van der Waals surface area contributed by atoms with Crippen LogP contribution in [0.1, 0.15) is 33.5 Å².